The second-order valence-corrected chi connectivity index (χ2v) is 8.34. The molecule has 1 atom stereocenters. The Bertz CT molecular complexity index is 1280. The molecule has 0 bridgehead atoms. The summed E-state index contributed by atoms with van der Waals surface area (Å²) in [7, 11) is 0. The molecule has 0 fully saturated rings. The van der Waals surface area contributed by atoms with Crippen LogP contribution in [-0.2, 0) is 17.1 Å². The molecule has 0 saturated carbocycles. The first-order chi connectivity index (χ1) is 16.1. The van der Waals surface area contributed by atoms with Gasteiger partial charge < -0.3 is 9.47 Å². The topological polar surface area (TPSA) is 60.0 Å². The number of benzene rings is 3. The quantitative estimate of drug-likeness (QED) is 0.348. The predicted molar refractivity (Wildman–Crippen MR) is 122 cm³/mol. The molecule has 166 valence electrons. The summed E-state index contributed by atoms with van der Waals surface area (Å²) in [6, 6.07) is 18.7. The number of nitrogens with one attached hydrogen (secondary N) is 1. The molecule has 3 aromatic carbocycles. The molecule has 5 nitrogen and oxygen atoms in total. The molecule has 4 aromatic rings. The number of aromatic amines is 1. The van der Waals surface area contributed by atoms with E-state index in [0.29, 0.717) is 33.6 Å². The highest BCUT2D eigenvalue weighted by Gasteiger charge is 2.25. The Hall–Kier alpha value is -3.49. The Morgan fingerprint density at radius 1 is 1.00 bits per heavy atom. The molecule has 2 heterocycles. The normalized spacial score (nSPS) is 15.4. The molecule has 1 aliphatic rings. The fraction of sp³-hybridized carbons (Fsp3) is 0.120. The summed E-state index contributed by atoms with van der Waals surface area (Å²) >= 11 is 1.37. The zero-order valence-corrected chi connectivity index (χ0v) is 18.2. The minimum Gasteiger partial charge on any atom is -0.460 e. The van der Waals surface area contributed by atoms with Crippen LogP contribution in [0.5, 0.6) is 5.75 Å². The van der Waals surface area contributed by atoms with Crippen LogP contribution in [0.1, 0.15) is 34.4 Å². The van der Waals surface area contributed by atoms with Crippen molar-refractivity contribution in [3.8, 4) is 5.75 Å². The van der Waals surface area contributed by atoms with E-state index in [-0.39, 0.29) is 18.2 Å². The second-order valence-electron chi connectivity index (χ2n) is 7.40. The molecule has 5 rings (SSSR count). The minimum atomic E-state index is -0.542. The van der Waals surface area contributed by atoms with Gasteiger partial charge in [0, 0.05) is 22.4 Å². The number of halogens is 2. The van der Waals surface area contributed by atoms with E-state index >= 15 is 0 Å². The summed E-state index contributed by atoms with van der Waals surface area (Å²) in [5, 5.41) is 7.60. The fourth-order valence-corrected chi connectivity index (χ4v) is 4.22. The fourth-order valence-electron chi connectivity index (χ4n) is 3.45. The summed E-state index contributed by atoms with van der Waals surface area (Å²) in [5.74, 6) is 1.01. The number of hydrogen-bond donors (Lipinski definition) is 1. The van der Waals surface area contributed by atoms with Crippen LogP contribution in [0, 0.1) is 11.6 Å². The van der Waals surface area contributed by atoms with Gasteiger partial charge in [0.25, 0.3) is 0 Å². The van der Waals surface area contributed by atoms with Crippen molar-refractivity contribution in [1.82, 2.24) is 15.2 Å². The molecule has 0 radical (unpaired) electrons. The molecule has 0 aliphatic carbocycles. The van der Waals surface area contributed by atoms with Crippen LogP contribution >= 0.6 is 11.8 Å². The molecular weight excluding hydrogens is 444 g/mol. The van der Waals surface area contributed by atoms with E-state index in [1.165, 1.54) is 36.0 Å². The zero-order chi connectivity index (χ0) is 22.6. The number of aromatic nitrogens is 3. The van der Waals surface area contributed by atoms with Gasteiger partial charge in [-0.15, -0.1) is 5.10 Å². The van der Waals surface area contributed by atoms with Crippen molar-refractivity contribution in [2.45, 2.75) is 23.8 Å². The van der Waals surface area contributed by atoms with Gasteiger partial charge in [-0.05, 0) is 35.9 Å². The van der Waals surface area contributed by atoms with Crippen LogP contribution in [0.15, 0.2) is 71.9 Å². The lowest BCUT2D eigenvalue weighted by atomic mass is 10.1. The van der Waals surface area contributed by atoms with E-state index < -0.39 is 6.29 Å². The number of rotatable bonds is 6. The molecular formula is C25H19F2N3O2S. The van der Waals surface area contributed by atoms with E-state index in [1.54, 1.807) is 18.2 Å². The summed E-state index contributed by atoms with van der Waals surface area (Å²) in [4.78, 5) is 4.43. The number of nitrogens with zero attached hydrogens (tertiary/aromatic N) is 2. The largest absolute Gasteiger partial charge is 0.460 e. The number of thioether (sulfide) groups is 1. The van der Waals surface area contributed by atoms with Crippen molar-refractivity contribution in [2.75, 3.05) is 0 Å². The van der Waals surface area contributed by atoms with Crippen LogP contribution in [0.3, 0.4) is 0 Å². The summed E-state index contributed by atoms with van der Waals surface area (Å²) < 4.78 is 39.1. The van der Waals surface area contributed by atoms with Crippen molar-refractivity contribution in [1.29, 1.82) is 0 Å². The van der Waals surface area contributed by atoms with Crippen LogP contribution < -0.4 is 4.74 Å². The van der Waals surface area contributed by atoms with Crippen LogP contribution in [0.25, 0.3) is 12.2 Å². The number of H-pyrrole nitrogens is 1. The standard InChI is InChI=1S/C25H19F2N3O2S/c26-20-9-6-16(7-10-20)8-11-22-28-25(30-29-22)33-15-19-13-21(27)12-18-14-31-24(32-23(18)19)17-4-2-1-3-5-17/h1-13,24H,14-15H2,(H,28,29,30)/b11-8+. The van der Waals surface area contributed by atoms with Crippen LogP contribution in [-0.4, -0.2) is 15.2 Å². The lowest BCUT2D eigenvalue weighted by molar-refractivity contribution is -0.112. The van der Waals surface area contributed by atoms with Gasteiger partial charge in [0.1, 0.15) is 23.2 Å². The first-order valence-electron chi connectivity index (χ1n) is 10.3. The predicted octanol–water partition coefficient (Wildman–Crippen LogP) is 6.15. The van der Waals surface area contributed by atoms with Crippen molar-refractivity contribution >= 4 is 23.9 Å². The van der Waals surface area contributed by atoms with Gasteiger partial charge in [-0.3, -0.25) is 5.10 Å². The van der Waals surface area contributed by atoms with E-state index in [1.807, 2.05) is 36.4 Å². The zero-order valence-electron chi connectivity index (χ0n) is 17.4. The first-order valence-corrected chi connectivity index (χ1v) is 11.3. The van der Waals surface area contributed by atoms with Gasteiger partial charge in [-0.2, -0.15) is 0 Å². The number of fused-ring (bicyclic) bond motifs is 1. The SMILES string of the molecule is Fc1ccc(/C=C/c2nc(SCc3cc(F)cc4c3OC(c3ccccc3)OC4)n[nH]2)cc1. The van der Waals surface area contributed by atoms with Gasteiger partial charge in [-0.25, -0.2) is 13.8 Å². The second kappa shape index (κ2) is 9.56. The molecule has 1 aromatic heterocycles. The maximum absolute atomic E-state index is 14.2. The van der Waals surface area contributed by atoms with E-state index in [0.717, 1.165) is 11.1 Å². The minimum absolute atomic E-state index is 0.267. The highest BCUT2D eigenvalue weighted by Crippen LogP contribution is 2.38. The molecule has 0 spiro atoms. The number of ether oxygens (including phenoxy) is 2. The summed E-state index contributed by atoms with van der Waals surface area (Å²) in [6.07, 6.45) is 3.04. The Morgan fingerprint density at radius 3 is 2.64 bits per heavy atom. The maximum Gasteiger partial charge on any atom is 0.227 e. The Kier molecular flexibility index (Phi) is 6.19. The molecule has 0 amide bonds. The van der Waals surface area contributed by atoms with Gasteiger partial charge >= 0.3 is 0 Å². The highest BCUT2D eigenvalue weighted by atomic mass is 32.2. The molecule has 33 heavy (non-hydrogen) atoms. The average molecular weight is 464 g/mol. The highest BCUT2D eigenvalue weighted by molar-refractivity contribution is 7.98. The van der Waals surface area contributed by atoms with Gasteiger partial charge in [0.05, 0.1) is 6.61 Å². The van der Waals surface area contributed by atoms with Crippen molar-refractivity contribution in [2.24, 2.45) is 0 Å². The van der Waals surface area contributed by atoms with Crippen molar-refractivity contribution in [3.05, 3.63) is 106 Å². The molecule has 1 unspecified atom stereocenters. The molecule has 8 heteroatoms. The van der Waals surface area contributed by atoms with E-state index in [2.05, 4.69) is 15.2 Å². The third-order valence-electron chi connectivity index (χ3n) is 5.04. The third-order valence-corrected chi connectivity index (χ3v) is 5.93. The maximum atomic E-state index is 14.2. The van der Waals surface area contributed by atoms with Crippen molar-refractivity contribution < 1.29 is 18.3 Å². The lowest BCUT2D eigenvalue weighted by Crippen LogP contribution is -2.19. The third kappa shape index (κ3) is 5.13. The van der Waals surface area contributed by atoms with Gasteiger partial charge in [0.15, 0.2) is 0 Å². The lowest BCUT2D eigenvalue weighted by Gasteiger charge is -2.28. The Balaban J connectivity index is 1.29. The Morgan fingerprint density at radius 2 is 1.82 bits per heavy atom. The van der Waals surface area contributed by atoms with E-state index in [4.69, 9.17) is 9.47 Å². The first kappa shape index (κ1) is 21.4. The van der Waals surface area contributed by atoms with Crippen LogP contribution in [0.2, 0.25) is 0 Å². The summed E-state index contributed by atoms with van der Waals surface area (Å²) in [5.41, 5.74) is 3.14. The Labute approximate surface area is 193 Å². The smallest absolute Gasteiger partial charge is 0.227 e. The van der Waals surface area contributed by atoms with Gasteiger partial charge in [-0.1, -0.05) is 60.3 Å². The van der Waals surface area contributed by atoms with E-state index in [9.17, 15) is 8.78 Å². The average Bonchev–Trinajstić information content (AvgIpc) is 3.30. The monoisotopic (exact) mass is 463 g/mol. The van der Waals surface area contributed by atoms with Crippen LogP contribution in [0.4, 0.5) is 8.78 Å². The molecule has 1 aliphatic heterocycles. The molecule has 0 saturated heterocycles. The number of hydrogen-bond acceptors (Lipinski definition) is 5. The van der Waals surface area contributed by atoms with Crippen molar-refractivity contribution in [3.63, 3.8) is 0 Å². The van der Waals surface area contributed by atoms with Gasteiger partial charge in [0.2, 0.25) is 11.4 Å². The summed E-state index contributed by atoms with van der Waals surface area (Å²) in [6.45, 7) is 0.267. The molecule has 1 N–H and O–H groups in total.